The lowest BCUT2D eigenvalue weighted by Crippen LogP contribution is -2.28. The van der Waals surface area contributed by atoms with E-state index in [2.05, 4.69) is 0 Å². The molecule has 1 aliphatic rings. The third-order valence-electron chi connectivity index (χ3n) is 3.86. The van der Waals surface area contributed by atoms with E-state index in [1.165, 1.54) is 0 Å². The minimum Gasteiger partial charge on any atom is -0.481 e. The van der Waals surface area contributed by atoms with Crippen molar-refractivity contribution in [3.05, 3.63) is 29.3 Å². The number of aliphatic carboxylic acids is 1. The van der Waals surface area contributed by atoms with Crippen LogP contribution in [0.1, 0.15) is 35.2 Å². The van der Waals surface area contributed by atoms with Gasteiger partial charge in [-0.3, -0.25) is 9.59 Å². The number of carboxylic acid groups (broad SMARTS) is 1. The molecule has 0 saturated carbocycles. The molecule has 0 spiro atoms. The van der Waals surface area contributed by atoms with Crippen molar-refractivity contribution in [2.75, 3.05) is 18.8 Å². The molecule has 2 rings (SSSR count). The number of carbonyl (C=O) groups excluding carboxylic acids is 1. The molecular weight excluding hydrogens is 256 g/mol. The third-order valence-corrected chi connectivity index (χ3v) is 3.86. The number of nitrogen functional groups attached to an aromatic ring is 1. The van der Waals surface area contributed by atoms with E-state index >= 15 is 0 Å². The first-order valence-electron chi connectivity index (χ1n) is 6.84. The maximum Gasteiger partial charge on any atom is 0.303 e. The third kappa shape index (κ3) is 3.29. The van der Waals surface area contributed by atoms with Gasteiger partial charge in [0.25, 0.3) is 5.91 Å². The quantitative estimate of drug-likeness (QED) is 0.823. The zero-order valence-corrected chi connectivity index (χ0v) is 11.6. The first kappa shape index (κ1) is 14.4. The molecule has 0 bridgehead atoms. The lowest BCUT2D eigenvalue weighted by atomic mass is 10.0. The molecular formula is C15H20N2O3. The van der Waals surface area contributed by atoms with E-state index in [1.807, 2.05) is 13.0 Å². The average Bonchev–Trinajstić information content (AvgIpc) is 2.87. The first-order chi connectivity index (χ1) is 9.47. The van der Waals surface area contributed by atoms with Crippen LogP contribution in [0.5, 0.6) is 0 Å². The molecule has 0 aromatic heterocycles. The van der Waals surface area contributed by atoms with Crippen molar-refractivity contribution < 1.29 is 14.7 Å². The Labute approximate surface area is 118 Å². The molecule has 1 fully saturated rings. The Kier molecular flexibility index (Phi) is 4.27. The van der Waals surface area contributed by atoms with Crippen LogP contribution in [0.4, 0.5) is 5.69 Å². The number of rotatable bonds is 4. The van der Waals surface area contributed by atoms with Crippen LogP contribution in [0, 0.1) is 12.8 Å². The molecule has 1 aliphatic heterocycles. The molecule has 0 aliphatic carbocycles. The number of nitrogens with two attached hydrogens (primary N) is 1. The summed E-state index contributed by atoms with van der Waals surface area (Å²) in [6, 6.07) is 5.30. The summed E-state index contributed by atoms with van der Waals surface area (Å²) in [5, 5.41) is 8.69. The number of carboxylic acids is 1. The molecule has 0 radical (unpaired) electrons. The zero-order chi connectivity index (χ0) is 14.7. The van der Waals surface area contributed by atoms with Gasteiger partial charge in [-0.05, 0) is 49.4 Å². The normalized spacial score (nSPS) is 18.2. The molecule has 1 atom stereocenters. The highest BCUT2D eigenvalue weighted by Crippen LogP contribution is 2.23. The largest absolute Gasteiger partial charge is 0.481 e. The van der Waals surface area contributed by atoms with E-state index in [0.717, 1.165) is 12.0 Å². The molecule has 1 saturated heterocycles. The van der Waals surface area contributed by atoms with Crippen molar-refractivity contribution >= 4 is 17.6 Å². The van der Waals surface area contributed by atoms with Crippen molar-refractivity contribution in [3.8, 4) is 0 Å². The molecule has 5 heteroatoms. The summed E-state index contributed by atoms with van der Waals surface area (Å²) < 4.78 is 0. The Hall–Kier alpha value is -2.04. The Balaban J connectivity index is 1.97. The van der Waals surface area contributed by atoms with Crippen LogP contribution in [0.15, 0.2) is 18.2 Å². The number of amides is 1. The van der Waals surface area contributed by atoms with E-state index < -0.39 is 5.97 Å². The van der Waals surface area contributed by atoms with Gasteiger partial charge in [0.05, 0.1) is 0 Å². The first-order valence-corrected chi connectivity index (χ1v) is 6.84. The number of nitrogens with zero attached hydrogens (tertiary/aromatic N) is 1. The van der Waals surface area contributed by atoms with Crippen LogP contribution >= 0.6 is 0 Å². The second-order valence-corrected chi connectivity index (χ2v) is 5.41. The van der Waals surface area contributed by atoms with Crippen molar-refractivity contribution in [1.29, 1.82) is 0 Å². The van der Waals surface area contributed by atoms with Gasteiger partial charge in [-0.1, -0.05) is 0 Å². The fourth-order valence-electron chi connectivity index (χ4n) is 2.57. The van der Waals surface area contributed by atoms with Crippen LogP contribution in [0.3, 0.4) is 0 Å². The summed E-state index contributed by atoms with van der Waals surface area (Å²) in [6.45, 7) is 3.23. The predicted octanol–water partition coefficient (Wildman–Crippen LogP) is 1.90. The summed E-state index contributed by atoms with van der Waals surface area (Å²) in [7, 11) is 0. The van der Waals surface area contributed by atoms with Gasteiger partial charge in [-0.25, -0.2) is 0 Å². The molecule has 1 unspecified atom stereocenters. The van der Waals surface area contributed by atoms with Gasteiger partial charge < -0.3 is 15.7 Å². The fourth-order valence-corrected chi connectivity index (χ4v) is 2.57. The minimum absolute atomic E-state index is 0.00549. The molecule has 1 amide bonds. The zero-order valence-electron chi connectivity index (χ0n) is 11.6. The molecule has 3 N–H and O–H groups in total. The molecule has 1 aromatic rings. The maximum atomic E-state index is 12.4. The summed E-state index contributed by atoms with van der Waals surface area (Å²) in [5.74, 6) is -0.472. The monoisotopic (exact) mass is 276 g/mol. The summed E-state index contributed by atoms with van der Waals surface area (Å²) in [4.78, 5) is 24.7. The number of benzene rings is 1. The fraction of sp³-hybridized carbons (Fsp3) is 0.467. The Morgan fingerprint density at radius 2 is 2.20 bits per heavy atom. The van der Waals surface area contributed by atoms with Crippen molar-refractivity contribution in [3.63, 3.8) is 0 Å². The molecule has 108 valence electrons. The van der Waals surface area contributed by atoms with E-state index in [1.54, 1.807) is 17.0 Å². The van der Waals surface area contributed by atoms with Gasteiger partial charge in [-0.2, -0.15) is 0 Å². The topological polar surface area (TPSA) is 83.6 Å². The number of aryl methyl sites for hydroxylation is 1. The summed E-state index contributed by atoms with van der Waals surface area (Å²) >= 11 is 0. The van der Waals surface area contributed by atoms with Crippen LogP contribution in [-0.4, -0.2) is 35.0 Å². The van der Waals surface area contributed by atoms with Gasteiger partial charge in [0.2, 0.25) is 0 Å². The smallest absolute Gasteiger partial charge is 0.303 e. The van der Waals surface area contributed by atoms with E-state index in [9.17, 15) is 9.59 Å². The predicted molar refractivity (Wildman–Crippen MR) is 76.5 cm³/mol. The number of carbonyl (C=O) groups is 2. The van der Waals surface area contributed by atoms with Gasteiger partial charge in [-0.15, -0.1) is 0 Å². The van der Waals surface area contributed by atoms with Crippen molar-refractivity contribution in [2.24, 2.45) is 5.92 Å². The highest BCUT2D eigenvalue weighted by Gasteiger charge is 2.27. The van der Waals surface area contributed by atoms with Crippen LogP contribution < -0.4 is 5.73 Å². The average molecular weight is 276 g/mol. The van der Waals surface area contributed by atoms with Crippen molar-refractivity contribution in [2.45, 2.75) is 26.2 Å². The van der Waals surface area contributed by atoms with E-state index in [4.69, 9.17) is 10.8 Å². The highest BCUT2D eigenvalue weighted by atomic mass is 16.4. The molecule has 20 heavy (non-hydrogen) atoms. The molecule has 1 heterocycles. The highest BCUT2D eigenvalue weighted by molar-refractivity contribution is 5.95. The SMILES string of the molecule is Cc1cc(C(=O)N2CCC(CCC(=O)O)C2)ccc1N. The Morgan fingerprint density at radius 1 is 1.45 bits per heavy atom. The maximum absolute atomic E-state index is 12.4. The second kappa shape index (κ2) is 5.94. The lowest BCUT2D eigenvalue weighted by molar-refractivity contribution is -0.137. The lowest BCUT2D eigenvalue weighted by Gasteiger charge is -2.17. The van der Waals surface area contributed by atoms with Gasteiger partial charge in [0.15, 0.2) is 0 Å². The van der Waals surface area contributed by atoms with Gasteiger partial charge in [0.1, 0.15) is 0 Å². The van der Waals surface area contributed by atoms with Crippen LogP contribution in [0.2, 0.25) is 0 Å². The van der Waals surface area contributed by atoms with Gasteiger partial charge in [0, 0.05) is 30.8 Å². The van der Waals surface area contributed by atoms with Crippen LogP contribution in [0.25, 0.3) is 0 Å². The number of anilines is 1. The van der Waals surface area contributed by atoms with Gasteiger partial charge >= 0.3 is 5.97 Å². The van der Waals surface area contributed by atoms with Crippen molar-refractivity contribution in [1.82, 2.24) is 4.90 Å². The van der Waals surface area contributed by atoms with E-state index in [0.29, 0.717) is 36.7 Å². The minimum atomic E-state index is -0.774. The Bertz CT molecular complexity index is 528. The number of hydrogen-bond donors (Lipinski definition) is 2. The Morgan fingerprint density at radius 3 is 2.85 bits per heavy atom. The molecule has 5 nitrogen and oxygen atoms in total. The van der Waals surface area contributed by atoms with E-state index in [-0.39, 0.29) is 12.3 Å². The summed E-state index contributed by atoms with van der Waals surface area (Å²) in [6.07, 6.45) is 1.69. The molecule has 1 aromatic carbocycles. The second-order valence-electron chi connectivity index (χ2n) is 5.41. The standard InChI is InChI=1S/C15H20N2O3/c1-10-8-12(3-4-13(10)16)15(20)17-7-6-11(9-17)2-5-14(18)19/h3-4,8,11H,2,5-7,9,16H2,1H3,(H,18,19). The number of hydrogen-bond acceptors (Lipinski definition) is 3. The van der Waals surface area contributed by atoms with Crippen LogP contribution in [-0.2, 0) is 4.79 Å². The number of likely N-dealkylation sites (tertiary alicyclic amines) is 1. The summed E-state index contributed by atoms with van der Waals surface area (Å²) in [5.41, 5.74) is 7.98.